The molecule has 0 aliphatic heterocycles. The van der Waals surface area contributed by atoms with Crippen LogP contribution in [0.5, 0.6) is 0 Å². The van der Waals surface area contributed by atoms with Gasteiger partial charge in [-0.25, -0.2) is 10.8 Å². The molecule has 0 saturated heterocycles. The highest BCUT2D eigenvalue weighted by atomic mass is 16.2. The molecule has 0 bridgehead atoms. The predicted molar refractivity (Wildman–Crippen MR) is 76.0 cm³/mol. The average Bonchev–Trinajstić information content (AvgIpc) is 2.46. The van der Waals surface area contributed by atoms with Gasteiger partial charge in [0.15, 0.2) is 0 Å². The highest BCUT2D eigenvalue weighted by Crippen LogP contribution is 2.17. The molecule has 1 heterocycles. The van der Waals surface area contributed by atoms with E-state index in [4.69, 9.17) is 5.84 Å². The third-order valence-corrected chi connectivity index (χ3v) is 2.88. The zero-order valence-electron chi connectivity index (χ0n) is 10.9. The van der Waals surface area contributed by atoms with Crippen molar-refractivity contribution >= 4 is 17.4 Å². The van der Waals surface area contributed by atoms with Crippen molar-refractivity contribution < 1.29 is 4.79 Å². The first-order valence-corrected chi connectivity index (χ1v) is 5.89. The van der Waals surface area contributed by atoms with E-state index in [9.17, 15) is 4.79 Å². The van der Waals surface area contributed by atoms with Gasteiger partial charge >= 0.3 is 0 Å². The standard InChI is InChI=1S/C14H16N4O/c1-10-3-5-12(6-4-10)18(2)14(19)11-7-8-16-13(9-11)17-15/h3-9H,15H2,1-2H3,(H,16,17). The molecule has 0 radical (unpaired) electrons. The first kappa shape index (κ1) is 13.0. The summed E-state index contributed by atoms with van der Waals surface area (Å²) in [6, 6.07) is 11.0. The molecule has 2 rings (SSSR count). The van der Waals surface area contributed by atoms with E-state index in [0.717, 1.165) is 11.3 Å². The normalized spacial score (nSPS) is 10.1. The molecule has 5 nitrogen and oxygen atoms in total. The van der Waals surface area contributed by atoms with E-state index in [1.54, 1.807) is 30.3 Å². The van der Waals surface area contributed by atoms with E-state index in [-0.39, 0.29) is 5.91 Å². The van der Waals surface area contributed by atoms with Crippen molar-refractivity contribution in [1.82, 2.24) is 4.98 Å². The number of carbonyl (C=O) groups excluding carboxylic acids is 1. The number of anilines is 2. The zero-order chi connectivity index (χ0) is 13.8. The van der Waals surface area contributed by atoms with Crippen molar-refractivity contribution in [2.45, 2.75) is 6.92 Å². The van der Waals surface area contributed by atoms with Crippen LogP contribution in [0, 0.1) is 6.92 Å². The first-order valence-electron chi connectivity index (χ1n) is 5.89. The topological polar surface area (TPSA) is 71.2 Å². The third-order valence-electron chi connectivity index (χ3n) is 2.88. The van der Waals surface area contributed by atoms with Gasteiger partial charge in [-0.1, -0.05) is 17.7 Å². The van der Waals surface area contributed by atoms with E-state index >= 15 is 0 Å². The number of pyridine rings is 1. The number of aryl methyl sites for hydroxylation is 1. The van der Waals surface area contributed by atoms with Gasteiger partial charge in [0.05, 0.1) is 0 Å². The van der Waals surface area contributed by atoms with Crippen molar-refractivity contribution in [2.75, 3.05) is 17.4 Å². The van der Waals surface area contributed by atoms with Gasteiger partial charge in [-0.05, 0) is 31.2 Å². The molecule has 0 spiro atoms. The number of nitrogen functional groups attached to an aromatic ring is 1. The van der Waals surface area contributed by atoms with E-state index in [0.29, 0.717) is 11.4 Å². The van der Waals surface area contributed by atoms with Gasteiger partial charge in [-0.2, -0.15) is 0 Å². The summed E-state index contributed by atoms with van der Waals surface area (Å²) in [4.78, 5) is 17.9. The van der Waals surface area contributed by atoms with Gasteiger partial charge in [-0.3, -0.25) is 4.79 Å². The van der Waals surface area contributed by atoms with Gasteiger partial charge < -0.3 is 10.3 Å². The molecule has 98 valence electrons. The number of aromatic nitrogens is 1. The summed E-state index contributed by atoms with van der Waals surface area (Å²) in [6.07, 6.45) is 1.55. The third kappa shape index (κ3) is 2.89. The maximum atomic E-state index is 12.3. The average molecular weight is 256 g/mol. The molecule has 0 fully saturated rings. The molecule has 0 aliphatic rings. The zero-order valence-corrected chi connectivity index (χ0v) is 10.9. The molecule has 2 aromatic rings. The number of nitrogens with zero attached hydrogens (tertiary/aromatic N) is 2. The number of hydrogen-bond acceptors (Lipinski definition) is 4. The van der Waals surface area contributed by atoms with Crippen LogP contribution in [0.2, 0.25) is 0 Å². The van der Waals surface area contributed by atoms with Crippen LogP contribution in [-0.4, -0.2) is 17.9 Å². The lowest BCUT2D eigenvalue weighted by Gasteiger charge is -2.17. The van der Waals surface area contributed by atoms with Gasteiger partial charge in [0.2, 0.25) is 0 Å². The SMILES string of the molecule is Cc1ccc(N(C)C(=O)c2ccnc(NN)c2)cc1. The molecule has 0 saturated carbocycles. The summed E-state index contributed by atoms with van der Waals surface area (Å²) in [5, 5.41) is 0. The highest BCUT2D eigenvalue weighted by Gasteiger charge is 2.13. The second-order valence-corrected chi connectivity index (χ2v) is 4.27. The summed E-state index contributed by atoms with van der Waals surface area (Å²) in [5.41, 5.74) is 4.96. The maximum absolute atomic E-state index is 12.3. The second kappa shape index (κ2) is 5.49. The molecular formula is C14H16N4O. The van der Waals surface area contributed by atoms with E-state index in [1.807, 2.05) is 31.2 Å². The van der Waals surface area contributed by atoms with Crippen molar-refractivity contribution in [2.24, 2.45) is 5.84 Å². The molecule has 1 aromatic heterocycles. The maximum Gasteiger partial charge on any atom is 0.258 e. The number of benzene rings is 1. The van der Waals surface area contributed by atoms with Crippen LogP contribution >= 0.6 is 0 Å². The Hall–Kier alpha value is -2.40. The Bertz CT molecular complexity index is 580. The smallest absolute Gasteiger partial charge is 0.258 e. The lowest BCUT2D eigenvalue weighted by atomic mass is 10.2. The lowest BCUT2D eigenvalue weighted by molar-refractivity contribution is 0.0993. The number of nitrogens with one attached hydrogen (secondary N) is 1. The summed E-state index contributed by atoms with van der Waals surface area (Å²) in [5.74, 6) is 5.64. The fourth-order valence-electron chi connectivity index (χ4n) is 1.72. The van der Waals surface area contributed by atoms with Gasteiger partial charge in [0.25, 0.3) is 5.91 Å². The molecule has 3 N–H and O–H groups in total. The Kier molecular flexibility index (Phi) is 3.77. The van der Waals surface area contributed by atoms with Gasteiger partial charge in [-0.15, -0.1) is 0 Å². The fraction of sp³-hybridized carbons (Fsp3) is 0.143. The van der Waals surface area contributed by atoms with Crippen LogP contribution in [0.3, 0.4) is 0 Å². The fourth-order valence-corrected chi connectivity index (χ4v) is 1.72. The van der Waals surface area contributed by atoms with Crippen LogP contribution < -0.4 is 16.2 Å². The minimum atomic E-state index is -0.109. The quantitative estimate of drug-likeness (QED) is 0.650. The molecule has 0 unspecified atom stereocenters. The Balaban J connectivity index is 2.25. The van der Waals surface area contributed by atoms with E-state index in [1.165, 1.54) is 0 Å². The molecule has 5 heteroatoms. The number of hydrazine groups is 1. The molecule has 19 heavy (non-hydrogen) atoms. The largest absolute Gasteiger partial charge is 0.311 e. The van der Waals surface area contributed by atoms with Crippen LogP contribution in [-0.2, 0) is 0 Å². The van der Waals surface area contributed by atoms with Crippen LogP contribution in [0.4, 0.5) is 11.5 Å². The number of carbonyl (C=O) groups is 1. The van der Waals surface area contributed by atoms with Crippen LogP contribution in [0.15, 0.2) is 42.6 Å². The molecule has 0 atom stereocenters. The van der Waals surface area contributed by atoms with Crippen LogP contribution in [0.1, 0.15) is 15.9 Å². The molecule has 1 amide bonds. The number of hydrogen-bond donors (Lipinski definition) is 2. The summed E-state index contributed by atoms with van der Waals surface area (Å²) in [6.45, 7) is 2.01. The Morgan fingerprint density at radius 3 is 2.58 bits per heavy atom. The molecular weight excluding hydrogens is 240 g/mol. The van der Waals surface area contributed by atoms with Gasteiger partial charge in [0, 0.05) is 24.5 Å². The summed E-state index contributed by atoms with van der Waals surface area (Å²) in [7, 11) is 1.74. The van der Waals surface area contributed by atoms with Crippen molar-refractivity contribution in [1.29, 1.82) is 0 Å². The monoisotopic (exact) mass is 256 g/mol. The Labute approximate surface area is 112 Å². The first-order chi connectivity index (χ1) is 9.11. The summed E-state index contributed by atoms with van der Waals surface area (Å²) < 4.78 is 0. The highest BCUT2D eigenvalue weighted by molar-refractivity contribution is 6.06. The number of rotatable bonds is 3. The minimum Gasteiger partial charge on any atom is -0.311 e. The van der Waals surface area contributed by atoms with Gasteiger partial charge in [0.1, 0.15) is 5.82 Å². The minimum absolute atomic E-state index is 0.109. The number of amides is 1. The Morgan fingerprint density at radius 2 is 1.95 bits per heavy atom. The predicted octanol–water partition coefficient (Wildman–Crippen LogP) is 1.95. The lowest BCUT2D eigenvalue weighted by Crippen LogP contribution is -2.26. The van der Waals surface area contributed by atoms with Crippen molar-refractivity contribution in [3.05, 3.63) is 53.7 Å². The molecule has 0 aliphatic carbocycles. The second-order valence-electron chi connectivity index (χ2n) is 4.27. The van der Waals surface area contributed by atoms with E-state index < -0.39 is 0 Å². The van der Waals surface area contributed by atoms with Crippen molar-refractivity contribution in [3.8, 4) is 0 Å². The van der Waals surface area contributed by atoms with Crippen molar-refractivity contribution in [3.63, 3.8) is 0 Å². The van der Waals surface area contributed by atoms with Crippen LogP contribution in [0.25, 0.3) is 0 Å². The molecule has 1 aromatic carbocycles. The van der Waals surface area contributed by atoms with E-state index in [2.05, 4.69) is 10.4 Å². The summed E-state index contributed by atoms with van der Waals surface area (Å²) >= 11 is 0. The number of nitrogens with two attached hydrogens (primary N) is 1. The Morgan fingerprint density at radius 1 is 1.26 bits per heavy atom.